The van der Waals surface area contributed by atoms with E-state index in [1.165, 1.54) is 12.1 Å². The van der Waals surface area contributed by atoms with Crippen molar-refractivity contribution in [1.82, 2.24) is 15.5 Å². The Bertz CT molecular complexity index is 893. The maximum absolute atomic E-state index is 12.9. The molecule has 2 N–H and O–H groups in total. The Balaban J connectivity index is 1.72. The van der Waals surface area contributed by atoms with E-state index in [0.29, 0.717) is 5.75 Å². The third-order valence-corrected chi connectivity index (χ3v) is 4.16. The van der Waals surface area contributed by atoms with Crippen LogP contribution in [0.2, 0.25) is 0 Å². The molecule has 0 aliphatic carbocycles. The van der Waals surface area contributed by atoms with Gasteiger partial charge in [0.1, 0.15) is 23.9 Å². The van der Waals surface area contributed by atoms with Crippen molar-refractivity contribution in [3.8, 4) is 11.5 Å². The third-order valence-electron chi connectivity index (χ3n) is 4.16. The average molecular weight is 401 g/mol. The molecule has 8 nitrogen and oxygen atoms in total. The molecule has 9 heteroatoms. The van der Waals surface area contributed by atoms with E-state index >= 15 is 0 Å². The van der Waals surface area contributed by atoms with Gasteiger partial charge in [-0.1, -0.05) is 12.1 Å². The number of hydrogen-bond acceptors (Lipinski definition) is 6. The van der Waals surface area contributed by atoms with E-state index in [1.54, 1.807) is 55.4 Å². The van der Waals surface area contributed by atoms with Crippen LogP contribution in [0.25, 0.3) is 0 Å². The number of ether oxygens (including phenoxy) is 2. The highest BCUT2D eigenvalue weighted by Crippen LogP contribution is 2.25. The summed E-state index contributed by atoms with van der Waals surface area (Å²) in [4.78, 5) is 37.9. The predicted molar refractivity (Wildman–Crippen MR) is 101 cm³/mol. The second-order valence-electron chi connectivity index (χ2n) is 6.79. The molecular formula is C20H20FN3O5. The monoisotopic (exact) mass is 401 g/mol. The van der Waals surface area contributed by atoms with Crippen LogP contribution in [0.4, 0.5) is 9.18 Å². The number of nitrogens with zero attached hydrogens (tertiary/aromatic N) is 1. The molecule has 2 aromatic rings. The molecule has 4 amide bonds. The SMILES string of the molecule is CN(C)CC1(Oc2ccc(OCc3ccc(F)cc3)cc2)C(=O)NC(=O)NC1=O. The van der Waals surface area contributed by atoms with Crippen LogP contribution in [-0.2, 0) is 16.2 Å². The Morgan fingerprint density at radius 3 is 2.00 bits per heavy atom. The lowest BCUT2D eigenvalue weighted by Gasteiger charge is -2.35. The smallest absolute Gasteiger partial charge is 0.328 e. The number of urea groups is 1. The number of barbiturate groups is 1. The molecule has 0 radical (unpaired) electrons. The number of halogens is 1. The Kier molecular flexibility index (Phi) is 5.79. The fourth-order valence-electron chi connectivity index (χ4n) is 2.81. The molecule has 0 spiro atoms. The van der Waals surface area contributed by atoms with E-state index in [9.17, 15) is 18.8 Å². The van der Waals surface area contributed by atoms with Gasteiger partial charge < -0.3 is 14.4 Å². The Morgan fingerprint density at radius 1 is 0.897 bits per heavy atom. The molecule has 0 aromatic heterocycles. The van der Waals surface area contributed by atoms with Gasteiger partial charge in [-0.2, -0.15) is 0 Å². The first-order chi connectivity index (χ1) is 13.8. The summed E-state index contributed by atoms with van der Waals surface area (Å²) in [7, 11) is 3.35. The van der Waals surface area contributed by atoms with Crippen molar-refractivity contribution in [2.24, 2.45) is 0 Å². The second-order valence-corrected chi connectivity index (χ2v) is 6.79. The summed E-state index contributed by atoms with van der Waals surface area (Å²) in [6.45, 7) is 0.179. The summed E-state index contributed by atoms with van der Waals surface area (Å²) >= 11 is 0. The van der Waals surface area contributed by atoms with Crippen LogP contribution >= 0.6 is 0 Å². The van der Waals surface area contributed by atoms with Crippen molar-refractivity contribution in [3.63, 3.8) is 0 Å². The number of nitrogens with one attached hydrogen (secondary N) is 2. The van der Waals surface area contributed by atoms with Gasteiger partial charge in [-0.15, -0.1) is 0 Å². The van der Waals surface area contributed by atoms with Crippen molar-refractivity contribution in [3.05, 3.63) is 59.9 Å². The molecule has 2 aromatic carbocycles. The Labute approximate surface area is 166 Å². The van der Waals surface area contributed by atoms with Gasteiger partial charge >= 0.3 is 6.03 Å². The quantitative estimate of drug-likeness (QED) is 0.682. The molecule has 1 saturated heterocycles. The number of likely N-dealkylation sites (N-methyl/N-ethyl adjacent to an activating group) is 1. The average Bonchev–Trinajstić information content (AvgIpc) is 2.66. The number of carbonyl (C=O) groups excluding carboxylic acids is 3. The van der Waals surface area contributed by atoms with Crippen LogP contribution in [0.3, 0.4) is 0 Å². The highest BCUT2D eigenvalue weighted by atomic mass is 19.1. The zero-order chi connectivity index (χ0) is 21.0. The molecule has 0 bridgehead atoms. The number of benzene rings is 2. The normalized spacial score (nSPS) is 15.7. The molecule has 1 fully saturated rings. The van der Waals surface area contributed by atoms with Crippen molar-refractivity contribution in [1.29, 1.82) is 0 Å². The fraction of sp³-hybridized carbons (Fsp3) is 0.250. The van der Waals surface area contributed by atoms with Crippen LogP contribution in [0, 0.1) is 5.82 Å². The van der Waals surface area contributed by atoms with E-state index in [2.05, 4.69) is 10.6 Å². The highest BCUT2D eigenvalue weighted by molar-refractivity contribution is 6.22. The molecule has 29 heavy (non-hydrogen) atoms. The maximum Gasteiger partial charge on any atom is 0.328 e. The van der Waals surface area contributed by atoms with Crippen molar-refractivity contribution >= 4 is 17.8 Å². The summed E-state index contributed by atoms with van der Waals surface area (Å²) in [6, 6.07) is 11.4. The zero-order valence-electron chi connectivity index (χ0n) is 15.9. The van der Waals surface area contributed by atoms with E-state index in [4.69, 9.17) is 9.47 Å². The number of hydrogen-bond donors (Lipinski definition) is 2. The summed E-state index contributed by atoms with van der Waals surface area (Å²) in [5.74, 6) is -1.22. The van der Waals surface area contributed by atoms with Gasteiger partial charge in [0.2, 0.25) is 0 Å². The Hall–Kier alpha value is -3.46. The molecule has 1 aliphatic heterocycles. The van der Waals surface area contributed by atoms with Gasteiger partial charge in [0.05, 0.1) is 6.54 Å². The molecule has 1 heterocycles. The van der Waals surface area contributed by atoms with Gasteiger partial charge in [0.15, 0.2) is 0 Å². The first-order valence-electron chi connectivity index (χ1n) is 8.76. The van der Waals surface area contributed by atoms with Crippen molar-refractivity contribution in [2.45, 2.75) is 12.2 Å². The summed E-state index contributed by atoms with van der Waals surface area (Å²) in [5.41, 5.74) is -1.11. The topological polar surface area (TPSA) is 97.0 Å². The largest absolute Gasteiger partial charge is 0.489 e. The number of imide groups is 2. The minimum Gasteiger partial charge on any atom is -0.489 e. The minimum atomic E-state index is -1.91. The molecule has 152 valence electrons. The van der Waals surface area contributed by atoms with Crippen LogP contribution in [0.1, 0.15) is 5.56 Å². The van der Waals surface area contributed by atoms with E-state index in [-0.39, 0.29) is 24.7 Å². The highest BCUT2D eigenvalue weighted by Gasteiger charge is 2.53. The summed E-state index contributed by atoms with van der Waals surface area (Å²) in [5, 5.41) is 4.13. The fourth-order valence-corrected chi connectivity index (χ4v) is 2.81. The van der Waals surface area contributed by atoms with Crippen molar-refractivity contribution in [2.75, 3.05) is 20.6 Å². The standard InChI is InChI=1S/C20H20FN3O5/c1-24(2)12-20(17(25)22-19(27)23-18(20)26)29-16-9-7-15(8-10-16)28-11-13-3-5-14(21)6-4-13/h3-10H,11-12H2,1-2H3,(H2,22,23,25,26,27). The number of amides is 4. The van der Waals surface area contributed by atoms with Gasteiger partial charge in [0.25, 0.3) is 17.4 Å². The lowest BCUT2D eigenvalue weighted by Crippen LogP contribution is -2.72. The third kappa shape index (κ3) is 4.69. The first-order valence-corrected chi connectivity index (χ1v) is 8.76. The van der Waals surface area contributed by atoms with Crippen molar-refractivity contribution < 1.29 is 28.2 Å². The predicted octanol–water partition coefficient (Wildman–Crippen LogP) is 1.45. The Morgan fingerprint density at radius 2 is 1.45 bits per heavy atom. The van der Waals surface area contributed by atoms with Crippen LogP contribution in [-0.4, -0.2) is 49.0 Å². The van der Waals surface area contributed by atoms with Gasteiger partial charge in [0, 0.05) is 0 Å². The lowest BCUT2D eigenvalue weighted by atomic mass is 9.99. The molecule has 0 atom stereocenters. The zero-order valence-corrected chi connectivity index (χ0v) is 15.9. The minimum absolute atomic E-state index is 0.0687. The molecule has 3 rings (SSSR count). The molecular weight excluding hydrogens is 381 g/mol. The number of rotatable bonds is 7. The summed E-state index contributed by atoms with van der Waals surface area (Å²) in [6.07, 6.45) is 0. The van der Waals surface area contributed by atoms with E-state index in [0.717, 1.165) is 5.56 Å². The van der Waals surface area contributed by atoms with E-state index in [1.807, 2.05) is 0 Å². The second kappa shape index (κ2) is 8.27. The molecule has 0 saturated carbocycles. The van der Waals surface area contributed by atoms with E-state index < -0.39 is 23.4 Å². The van der Waals surface area contributed by atoms with Gasteiger partial charge in [-0.3, -0.25) is 20.2 Å². The molecule has 0 unspecified atom stereocenters. The maximum atomic E-state index is 12.9. The first kappa shape index (κ1) is 20.3. The van der Waals surface area contributed by atoms with Gasteiger partial charge in [-0.05, 0) is 56.1 Å². The van der Waals surface area contributed by atoms with Gasteiger partial charge in [-0.25, -0.2) is 9.18 Å². The number of carbonyl (C=O) groups is 3. The lowest BCUT2D eigenvalue weighted by molar-refractivity contribution is -0.152. The molecule has 1 aliphatic rings. The van der Waals surface area contributed by atoms with Crippen LogP contribution < -0.4 is 20.1 Å². The summed E-state index contributed by atoms with van der Waals surface area (Å²) < 4.78 is 24.3. The van der Waals surface area contributed by atoms with Crippen LogP contribution in [0.15, 0.2) is 48.5 Å². The van der Waals surface area contributed by atoms with Crippen LogP contribution in [0.5, 0.6) is 11.5 Å².